The maximum absolute atomic E-state index is 4.53. The van der Waals surface area contributed by atoms with Gasteiger partial charge in [-0.1, -0.05) is 37.4 Å². The summed E-state index contributed by atoms with van der Waals surface area (Å²) in [4.78, 5) is 2.30. The van der Waals surface area contributed by atoms with Gasteiger partial charge in [0.25, 0.3) is 0 Å². The van der Waals surface area contributed by atoms with Crippen molar-refractivity contribution in [1.29, 1.82) is 0 Å². The lowest BCUT2D eigenvalue weighted by Crippen LogP contribution is -2.25. The molecule has 0 bridgehead atoms. The molecule has 1 aliphatic carbocycles. The molecule has 1 aliphatic rings. The number of rotatable bonds is 10. The van der Waals surface area contributed by atoms with E-state index in [1.165, 1.54) is 24.1 Å². The summed E-state index contributed by atoms with van der Waals surface area (Å²) in [6, 6.07) is 8.32. The van der Waals surface area contributed by atoms with Gasteiger partial charge in [0.15, 0.2) is 0 Å². The normalized spacial score (nSPS) is 14.0. The molecule has 4 nitrogen and oxygen atoms in total. The highest BCUT2D eigenvalue weighted by Crippen LogP contribution is 2.36. The lowest BCUT2D eigenvalue weighted by molar-refractivity contribution is 0.388. The van der Waals surface area contributed by atoms with Gasteiger partial charge in [-0.3, -0.25) is 0 Å². The number of allylic oxidation sites excluding steroid dienone is 3. The van der Waals surface area contributed by atoms with Crippen LogP contribution >= 0.6 is 15.9 Å². The second-order valence-corrected chi connectivity index (χ2v) is 8.68. The van der Waals surface area contributed by atoms with Gasteiger partial charge in [0.05, 0.1) is 16.4 Å². The molecule has 0 atom stereocenters. The summed E-state index contributed by atoms with van der Waals surface area (Å²) in [6.45, 7) is 14.6. The highest BCUT2D eigenvalue weighted by molar-refractivity contribution is 9.10. The third kappa shape index (κ3) is 5.41. The lowest BCUT2D eigenvalue weighted by Gasteiger charge is -2.22. The topological polar surface area (TPSA) is 33.1 Å². The van der Waals surface area contributed by atoms with Crippen LogP contribution in [0, 0.1) is 19.8 Å². The van der Waals surface area contributed by atoms with Gasteiger partial charge in [0, 0.05) is 25.8 Å². The fourth-order valence-corrected chi connectivity index (χ4v) is 3.66. The van der Waals surface area contributed by atoms with Crippen LogP contribution in [0.25, 0.3) is 11.4 Å². The van der Waals surface area contributed by atoms with Crippen LogP contribution in [-0.4, -0.2) is 34.8 Å². The standard InChI is InChI=1S/C24H31BrN4/c1-17-9-6-7-10-22(17)18(2)15-24(29-20(4)23(25)16-27-29)26-13-8-14-28(5)19(3)21-11-12-21/h6-7,9-10,15-16,21,26H,2-3,8,11-14H2,1,4-5H3/b24-15-. The average molecular weight is 455 g/mol. The Morgan fingerprint density at radius 1 is 1.31 bits per heavy atom. The first-order chi connectivity index (χ1) is 13.9. The quantitative estimate of drug-likeness (QED) is 0.374. The van der Waals surface area contributed by atoms with Crippen LogP contribution in [0.1, 0.15) is 36.1 Å². The molecule has 2 aromatic rings. The molecule has 3 rings (SSSR count). The number of benzene rings is 1. The number of hydrogen-bond donors (Lipinski definition) is 1. The highest BCUT2D eigenvalue weighted by atomic mass is 79.9. The number of aryl methyl sites for hydroxylation is 1. The van der Waals surface area contributed by atoms with E-state index in [1.807, 2.05) is 16.9 Å². The first-order valence-electron chi connectivity index (χ1n) is 10.2. The summed E-state index contributed by atoms with van der Waals surface area (Å²) < 4.78 is 2.92. The third-order valence-electron chi connectivity index (χ3n) is 5.50. The maximum Gasteiger partial charge on any atom is 0.128 e. The molecule has 29 heavy (non-hydrogen) atoms. The van der Waals surface area contributed by atoms with Gasteiger partial charge >= 0.3 is 0 Å². The fourth-order valence-electron chi connectivity index (χ4n) is 3.40. The predicted octanol–water partition coefficient (Wildman–Crippen LogP) is 5.61. The van der Waals surface area contributed by atoms with E-state index in [1.54, 1.807) is 0 Å². The van der Waals surface area contributed by atoms with Crippen LogP contribution in [0.2, 0.25) is 0 Å². The summed E-state index contributed by atoms with van der Waals surface area (Å²) in [5.74, 6) is 1.65. The maximum atomic E-state index is 4.53. The van der Waals surface area contributed by atoms with Crippen LogP contribution in [0.4, 0.5) is 0 Å². The van der Waals surface area contributed by atoms with Gasteiger partial charge in [-0.25, -0.2) is 4.68 Å². The minimum Gasteiger partial charge on any atom is -0.378 e. The summed E-state index contributed by atoms with van der Waals surface area (Å²) in [5, 5.41) is 8.10. The van der Waals surface area contributed by atoms with Gasteiger partial charge in [-0.2, -0.15) is 5.10 Å². The van der Waals surface area contributed by atoms with Crippen molar-refractivity contribution >= 4 is 27.3 Å². The van der Waals surface area contributed by atoms with Crippen LogP contribution < -0.4 is 5.32 Å². The minimum atomic E-state index is 0.713. The second kappa shape index (κ2) is 9.49. The van der Waals surface area contributed by atoms with Crippen molar-refractivity contribution < 1.29 is 0 Å². The fraction of sp³-hybridized carbons (Fsp3) is 0.375. The van der Waals surface area contributed by atoms with E-state index in [0.717, 1.165) is 46.6 Å². The Bertz CT molecular complexity index is 921. The Morgan fingerprint density at radius 2 is 2.03 bits per heavy atom. The Morgan fingerprint density at radius 3 is 2.66 bits per heavy atom. The molecule has 0 saturated heterocycles. The summed E-state index contributed by atoms with van der Waals surface area (Å²) >= 11 is 3.57. The molecule has 0 aliphatic heterocycles. The molecular formula is C24H31BrN4. The van der Waals surface area contributed by atoms with E-state index in [0.29, 0.717) is 5.92 Å². The van der Waals surface area contributed by atoms with Gasteiger partial charge in [-0.05, 0) is 77.7 Å². The average Bonchev–Trinajstić information content (AvgIpc) is 3.50. The van der Waals surface area contributed by atoms with E-state index in [2.05, 4.69) is 89.6 Å². The molecule has 1 aromatic heterocycles. The summed E-state index contributed by atoms with van der Waals surface area (Å²) in [5.41, 5.74) is 5.67. The number of aromatic nitrogens is 2. The predicted molar refractivity (Wildman–Crippen MR) is 126 cm³/mol. The Hall–Kier alpha value is -2.27. The van der Waals surface area contributed by atoms with Crippen molar-refractivity contribution in [2.24, 2.45) is 5.92 Å². The largest absolute Gasteiger partial charge is 0.378 e. The zero-order valence-corrected chi connectivity index (χ0v) is 19.3. The molecule has 1 N–H and O–H groups in total. The third-order valence-corrected chi connectivity index (χ3v) is 6.27. The van der Waals surface area contributed by atoms with Gasteiger partial charge in [0.1, 0.15) is 5.82 Å². The number of halogens is 1. The highest BCUT2D eigenvalue weighted by Gasteiger charge is 2.26. The van der Waals surface area contributed by atoms with Crippen LogP contribution in [0.5, 0.6) is 0 Å². The van der Waals surface area contributed by atoms with Crippen molar-refractivity contribution in [3.8, 4) is 0 Å². The molecule has 1 heterocycles. The van der Waals surface area contributed by atoms with E-state index in [-0.39, 0.29) is 0 Å². The molecule has 154 valence electrons. The molecule has 1 saturated carbocycles. The Balaban J connectivity index is 1.70. The van der Waals surface area contributed by atoms with Gasteiger partial charge in [-0.15, -0.1) is 0 Å². The minimum absolute atomic E-state index is 0.713. The van der Waals surface area contributed by atoms with Crippen LogP contribution in [0.15, 0.2) is 59.9 Å². The van der Waals surface area contributed by atoms with E-state index < -0.39 is 0 Å². The molecule has 5 heteroatoms. The number of hydrogen-bond acceptors (Lipinski definition) is 3. The lowest BCUT2D eigenvalue weighted by atomic mass is 10.0. The van der Waals surface area contributed by atoms with Crippen LogP contribution in [0.3, 0.4) is 0 Å². The van der Waals surface area contributed by atoms with Crippen molar-refractivity contribution in [2.75, 3.05) is 20.1 Å². The second-order valence-electron chi connectivity index (χ2n) is 7.83. The SMILES string of the molecule is C=C(/C=C(/NCCCN(C)C(=C)C1CC1)n1ncc(Br)c1C)c1ccccc1C. The molecule has 0 radical (unpaired) electrons. The molecule has 0 unspecified atom stereocenters. The smallest absolute Gasteiger partial charge is 0.128 e. The van der Waals surface area contributed by atoms with Crippen LogP contribution in [-0.2, 0) is 0 Å². The van der Waals surface area contributed by atoms with Crippen molar-refractivity contribution in [3.63, 3.8) is 0 Å². The zero-order chi connectivity index (χ0) is 21.0. The first kappa shape index (κ1) is 21.4. The molecular weight excluding hydrogens is 424 g/mol. The van der Waals surface area contributed by atoms with Gasteiger partial charge < -0.3 is 10.2 Å². The van der Waals surface area contributed by atoms with E-state index in [9.17, 15) is 0 Å². The zero-order valence-electron chi connectivity index (χ0n) is 17.7. The molecule has 1 fully saturated rings. The molecule has 1 aromatic carbocycles. The Labute approximate surface area is 183 Å². The monoisotopic (exact) mass is 454 g/mol. The summed E-state index contributed by atoms with van der Waals surface area (Å²) in [7, 11) is 2.15. The van der Waals surface area contributed by atoms with E-state index in [4.69, 9.17) is 0 Å². The van der Waals surface area contributed by atoms with E-state index >= 15 is 0 Å². The number of nitrogens with one attached hydrogen (secondary N) is 1. The first-order valence-corrected chi connectivity index (χ1v) is 11.0. The van der Waals surface area contributed by atoms with Gasteiger partial charge in [0.2, 0.25) is 0 Å². The number of nitrogens with zero attached hydrogens (tertiary/aromatic N) is 3. The van der Waals surface area contributed by atoms with Crippen molar-refractivity contribution in [2.45, 2.75) is 33.1 Å². The Kier molecular flexibility index (Phi) is 7.01. The van der Waals surface area contributed by atoms with Crippen molar-refractivity contribution in [3.05, 3.63) is 76.7 Å². The molecule has 0 spiro atoms. The summed E-state index contributed by atoms with van der Waals surface area (Å²) in [6.07, 6.45) is 7.53. The molecule has 0 amide bonds. The van der Waals surface area contributed by atoms with Crippen molar-refractivity contribution in [1.82, 2.24) is 20.0 Å².